The van der Waals surface area contributed by atoms with Crippen LogP contribution in [0.2, 0.25) is 0 Å². The van der Waals surface area contributed by atoms with Crippen LogP contribution in [0.15, 0.2) is 24.3 Å². The third kappa shape index (κ3) is 4.07. The highest BCUT2D eigenvalue weighted by Crippen LogP contribution is 2.18. The van der Waals surface area contributed by atoms with Gasteiger partial charge in [-0.2, -0.15) is 0 Å². The van der Waals surface area contributed by atoms with Gasteiger partial charge in [-0.25, -0.2) is 0 Å². The van der Waals surface area contributed by atoms with Gasteiger partial charge < -0.3 is 15.2 Å². The molecule has 0 saturated carbocycles. The summed E-state index contributed by atoms with van der Waals surface area (Å²) in [5, 5.41) is 12.0. The minimum atomic E-state index is -0.867. The molecular weight excluding hydrogens is 218 g/mol. The molecule has 1 aromatic rings. The first-order valence-electron chi connectivity index (χ1n) is 5.88. The SMILES string of the molecule is CCCOc1ccc(C(NCC)C(=O)O)cc1. The van der Waals surface area contributed by atoms with Crippen LogP contribution in [-0.2, 0) is 4.79 Å². The van der Waals surface area contributed by atoms with Gasteiger partial charge >= 0.3 is 5.97 Å². The lowest BCUT2D eigenvalue weighted by molar-refractivity contribution is -0.139. The minimum absolute atomic E-state index is 0.616. The number of ether oxygens (including phenoxy) is 1. The highest BCUT2D eigenvalue weighted by molar-refractivity contribution is 5.75. The molecule has 1 atom stereocenters. The Morgan fingerprint density at radius 1 is 1.35 bits per heavy atom. The molecule has 94 valence electrons. The van der Waals surface area contributed by atoms with Gasteiger partial charge in [0.15, 0.2) is 0 Å². The predicted octanol–water partition coefficient (Wildman–Crippen LogP) is 2.21. The van der Waals surface area contributed by atoms with Crippen molar-refractivity contribution in [1.29, 1.82) is 0 Å². The predicted molar refractivity (Wildman–Crippen MR) is 66.3 cm³/mol. The van der Waals surface area contributed by atoms with E-state index in [0.717, 1.165) is 17.7 Å². The van der Waals surface area contributed by atoms with Crippen molar-refractivity contribution in [3.8, 4) is 5.75 Å². The summed E-state index contributed by atoms with van der Waals surface area (Å²) in [4.78, 5) is 11.1. The van der Waals surface area contributed by atoms with Gasteiger partial charge in [-0.15, -0.1) is 0 Å². The Kier molecular flexibility index (Phi) is 5.49. The van der Waals surface area contributed by atoms with E-state index in [9.17, 15) is 4.79 Å². The van der Waals surface area contributed by atoms with E-state index < -0.39 is 12.0 Å². The Labute approximate surface area is 102 Å². The van der Waals surface area contributed by atoms with Gasteiger partial charge in [-0.05, 0) is 30.7 Å². The molecule has 4 heteroatoms. The van der Waals surface area contributed by atoms with Gasteiger partial charge in [0.05, 0.1) is 6.61 Å². The molecule has 1 aromatic carbocycles. The van der Waals surface area contributed by atoms with E-state index in [-0.39, 0.29) is 0 Å². The topological polar surface area (TPSA) is 58.6 Å². The molecule has 0 spiro atoms. The average molecular weight is 237 g/mol. The third-order valence-corrected chi connectivity index (χ3v) is 2.34. The van der Waals surface area contributed by atoms with Crippen molar-refractivity contribution in [2.45, 2.75) is 26.3 Å². The smallest absolute Gasteiger partial charge is 0.325 e. The first-order chi connectivity index (χ1) is 8.19. The summed E-state index contributed by atoms with van der Waals surface area (Å²) in [7, 11) is 0. The molecule has 0 bridgehead atoms. The molecule has 0 amide bonds. The summed E-state index contributed by atoms with van der Waals surface area (Å²) in [5.41, 5.74) is 0.739. The highest BCUT2D eigenvalue weighted by Gasteiger charge is 2.17. The monoisotopic (exact) mass is 237 g/mol. The Bertz CT molecular complexity index is 348. The maximum absolute atomic E-state index is 11.1. The van der Waals surface area contributed by atoms with Crippen molar-refractivity contribution in [3.05, 3.63) is 29.8 Å². The first-order valence-corrected chi connectivity index (χ1v) is 5.88. The quantitative estimate of drug-likeness (QED) is 0.763. The van der Waals surface area contributed by atoms with E-state index in [2.05, 4.69) is 5.32 Å². The lowest BCUT2D eigenvalue weighted by Crippen LogP contribution is -2.28. The summed E-state index contributed by atoms with van der Waals surface area (Å²) in [5.74, 6) is -0.0923. The number of nitrogens with one attached hydrogen (secondary N) is 1. The number of hydrogen-bond donors (Lipinski definition) is 2. The lowest BCUT2D eigenvalue weighted by Gasteiger charge is -2.14. The number of carboxylic acids is 1. The number of aliphatic carboxylic acids is 1. The molecular formula is C13H19NO3. The van der Waals surface area contributed by atoms with Gasteiger partial charge in [-0.3, -0.25) is 4.79 Å². The van der Waals surface area contributed by atoms with Gasteiger partial charge in [0.2, 0.25) is 0 Å². The molecule has 1 rings (SSSR count). The zero-order valence-electron chi connectivity index (χ0n) is 10.3. The molecule has 1 unspecified atom stereocenters. The highest BCUT2D eigenvalue weighted by atomic mass is 16.5. The number of rotatable bonds is 7. The molecule has 0 aliphatic heterocycles. The summed E-state index contributed by atoms with van der Waals surface area (Å²) in [6.07, 6.45) is 0.955. The van der Waals surface area contributed by atoms with Crippen LogP contribution in [0.25, 0.3) is 0 Å². The van der Waals surface area contributed by atoms with E-state index >= 15 is 0 Å². The van der Waals surface area contributed by atoms with Crippen LogP contribution < -0.4 is 10.1 Å². The zero-order valence-corrected chi connectivity index (χ0v) is 10.3. The van der Waals surface area contributed by atoms with Crippen LogP contribution in [-0.4, -0.2) is 24.2 Å². The van der Waals surface area contributed by atoms with E-state index in [1.807, 2.05) is 13.8 Å². The first kappa shape index (κ1) is 13.5. The Balaban J connectivity index is 2.73. The largest absolute Gasteiger partial charge is 0.494 e. The molecule has 0 aromatic heterocycles. The summed E-state index contributed by atoms with van der Waals surface area (Å²) >= 11 is 0. The third-order valence-electron chi connectivity index (χ3n) is 2.34. The maximum atomic E-state index is 11.1. The van der Waals surface area contributed by atoms with Crippen LogP contribution >= 0.6 is 0 Å². The van der Waals surface area contributed by atoms with Crippen molar-refractivity contribution < 1.29 is 14.6 Å². The average Bonchev–Trinajstić information content (AvgIpc) is 2.34. The standard InChI is InChI=1S/C13H19NO3/c1-3-9-17-11-7-5-10(6-8-11)12(13(15)16)14-4-2/h5-8,12,14H,3-4,9H2,1-2H3,(H,15,16). The van der Waals surface area contributed by atoms with E-state index in [4.69, 9.17) is 9.84 Å². The van der Waals surface area contributed by atoms with E-state index in [1.165, 1.54) is 0 Å². The molecule has 0 fully saturated rings. The van der Waals surface area contributed by atoms with Crippen molar-refractivity contribution >= 4 is 5.97 Å². The summed E-state index contributed by atoms with van der Waals surface area (Å²) in [6, 6.07) is 6.52. The second-order valence-corrected chi connectivity index (χ2v) is 3.75. The summed E-state index contributed by atoms with van der Waals surface area (Å²) in [6.45, 7) is 5.22. The lowest BCUT2D eigenvalue weighted by atomic mass is 10.1. The van der Waals surface area contributed by atoms with Crippen molar-refractivity contribution in [1.82, 2.24) is 5.32 Å². The molecule has 0 aliphatic carbocycles. The second-order valence-electron chi connectivity index (χ2n) is 3.75. The van der Waals surface area contributed by atoms with Crippen LogP contribution in [0, 0.1) is 0 Å². The minimum Gasteiger partial charge on any atom is -0.494 e. The fourth-order valence-corrected chi connectivity index (χ4v) is 1.53. The second kappa shape index (κ2) is 6.91. The Hall–Kier alpha value is -1.55. The number of carbonyl (C=O) groups is 1. The fraction of sp³-hybridized carbons (Fsp3) is 0.462. The van der Waals surface area contributed by atoms with Gasteiger partial charge in [-0.1, -0.05) is 26.0 Å². The molecule has 17 heavy (non-hydrogen) atoms. The van der Waals surface area contributed by atoms with Crippen LogP contribution in [0.4, 0.5) is 0 Å². The van der Waals surface area contributed by atoms with Crippen LogP contribution in [0.1, 0.15) is 31.9 Å². The van der Waals surface area contributed by atoms with E-state index in [0.29, 0.717) is 13.2 Å². The number of hydrogen-bond acceptors (Lipinski definition) is 3. The molecule has 0 saturated heterocycles. The Morgan fingerprint density at radius 3 is 2.47 bits per heavy atom. The molecule has 0 radical (unpaired) electrons. The summed E-state index contributed by atoms with van der Waals surface area (Å²) < 4.78 is 5.44. The Morgan fingerprint density at radius 2 is 2.00 bits per heavy atom. The molecule has 0 heterocycles. The maximum Gasteiger partial charge on any atom is 0.325 e. The van der Waals surface area contributed by atoms with Crippen molar-refractivity contribution in [2.24, 2.45) is 0 Å². The van der Waals surface area contributed by atoms with Gasteiger partial charge in [0.25, 0.3) is 0 Å². The zero-order chi connectivity index (χ0) is 12.7. The normalized spacial score (nSPS) is 12.1. The van der Waals surface area contributed by atoms with Crippen LogP contribution in [0.3, 0.4) is 0 Å². The number of likely N-dealkylation sites (N-methyl/N-ethyl adjacent to an activating group) is 1. The van der Waals surface area contributed by atoms with Gasteiger partial charge in [0.1, 0.15) is 11.8 Å². The number of benzene rings is 1. The van der Waals surface area contributed by atoms with Gasteiger partial charge in [0, 0.05) is 0 Å². The molecule has 0 aliphatic rings. The molecule has 2 N–H and O–H groups in total. The van der Waals surface area contributed by atoms with Crippen molar-refractivity contribution in [3.63, 3.8) is 0 Å². The van der Waals surface area contributed by atoms with E-state index in [1.54, 1.807) is 24.3 Å². The fourth-order valence-electron chi connectivity index (χ4n) is 1.53. The van der Waals surface area contributed by atoms with Crippen LogP contribution in [0.5, 0.6) is 5.75 Å². The number of carboxylic acid groups (broad SMARTS) is 1. The van der Waals surface area contributed by atoms with Crippen molar-refractivity contribution in [2.75, 3.05) is 13.2 Å². The molecule has 4 nitrogen and oxygen atoms in total.